The monoisotopic (exact) mass is 500 g/mol. The molecule has 0 fully saturated rings. The van der Waals surface area contributed by atoms with E-state index in [1.54, 1.807) is 24.3 Å². The largest absolute Gasteiger partial charge is 0.487 e. The molecule has 27 heavy (non-hydrogen) atoms. The summed E-state index contributed by atoms with van der Waals surface area (Å²) in [5, 5.41) is 0. The molecule has 0 unspecified atom stereocenters. The van der Waals surface area contributed by atoms with Crippen LogP contribution in [0, 0.1) is 5.82 Å². The van der Waals surface area contributed by atoms with Crippen LogP contribution in [0.15, 0.2) is 50.9 Å². The van der Waals surface area contributed by atoms with Crippen LogP contribution in [-0.2, 0) is 25.7 Å². The van der Waals surface area contributed by atoms with Crippen molar-refractivity contribution in [3.8, 4) is 5.75 Å². The topological polar surface area (TPSA) is 61.8 Å². The van der Waals surface area contributed by atoms with E-state index in [-0.39, 0.29) is 18.0 Å². The Hall–Kier alpha value is -2.19. The molecule has 0 bridgehead atoms. The zero-order valence-electron chi connectivity index (χ0n) is 14.4. The lowest BCUT2D eigenvalue weighted by Crippen LogP contribution is -2.15. The van der Waals surface area contributed by atoms with Crippen molar-refractivity contribution in [3.05, 3.63) is 67.9 Å². The molecule has 0 aromatic heterocycles. The molecule has 0 amide bonds. The van der Waals surface area contributed by atoms with E-state index in [1.165, 1.54) is 32.4 Å². The molecule has 5 nitrogen and oxygen atoms in total. The van der Waals surface area contributed by atoms with E-state index in [4.69, 9.17) is 4.74 Å². The van der Waals surface area contributed by atoms with Gasteiger partial charge in [0.15, 0.2) is 0 Å². The molecular formula is C19H15Br2FO5. The summed E-state index contributed by atoms with van der Waals surface area (Å²) in [6, 6.07) is 9.34. The number of methoxy groups -OCH3 is 2. The van der Waals surface area contributed by atoms with Gasteiger partial charge in [0.1, 0.15) is 23.7 Å². The second kappa shape index (κ2) is 9.66. The Morgan fingerprint density at radius 3 is 2.00 bits per heavy atom. The predicted octanol–water partition coefficient (Wildman–Crippen LogP) is 4.66. The molecule has 2 rings (SSSR count). The molecule has 0 aliphatic rings. The first kappa shape index (κ1) is 21.1. The highest BCUT2D eigenvalue weighted by molar-refractivity contribution is 9.11. The van der Waals surface area contributed by atoms with Crippen molar-refractivity contribution in [1.82, 2.24) is 0 Å². The van der Waals surface area contributed by atoms with Crippen molar-refractivity contribution in [2.24, 2.45) is 0 Å². The van der Waals surface area contributed by atoms with Crippen LogP contribution in [0.3, 0.4) is 0 Å². The molecular weight excluding hydrogens is 487 g/mol. The third-order valence-corrected chi connectivity index (χ3v) is 4.62. The molecule has 0 N–H and O–H groups in total. The Bertz CT molecular complexity index is 837. The van der Waals surface area contributed by atoms with Gasteiger partial charge in [-0.05, 0) is 73.3 Å². The van der Waals surface area contributed by atoms with Crippen LogP contribution in [0.2, 0.25) is 0 Å². The molecule has 0 radical (unpaired) electrons. The number of ether oxygens (including phenoxy) is 3. The quantitative estimate of drug-likeness (QED) is 0.249. The molecule has 0 atom stereocenters. The van der Waals surface area contributed by atoms with Crippen molar-refractivity contribution < 1.29 is 28.2 Å². The van der Waals surface area contributed by atoms with Crippen molar-refractivity contribution in [3.63, 3.8) is 0 Å². The molecule has 142 valence electrons. The highest BCUT2D eigenvalue weighted by Crippen LogP contribution is 2.36. The number of carbonyl (C=O) groups is 2. The highest BCUT2D eigenvalue weighted by Gasteiger charge is 2.20. The van der Waals surface area contributed by atoms with Crippen molar-refractivity contribution in [1.29, 1.82) is 0 Å². The summed E-state index contributed by atoms with van der Waals surface area (Å²) in [5.41, 5.74) is 1.12. The van der Waals surface area contributed by atoms with E-state index in [1.807, 2.05) is 0 Å². The summed E-state index contributed by atoms with van der Waals surface area (Å²) >= 11 is 6.81. The predicted molar refractivity (Wildman–Crippen MR) is 105 cm³/mol. The second-order valence-electron chi connectivity index (χ2n) is 5.27. The maximum atomic E-state index is 13.0. The third-order valence-electron chi connectivity index (χ3n) is 3.44. The molecule has 0 saturated carbocycles. The van der Waals surface area contributed by atoms with Gasteiger partial charge in [0.25, 0.3) is 0 Å². The van der Waals surface area contributed by atoms with Crippen LogP contribution >= 0.6 is 31.9 Å². The minimum Gasteiger partial charge on any atom is -0.487 e. The second-order valence-corrected chi connectivity index (χ2v) is 6.98. The average Bonchev–Trinajstić information content (AvgIpc) is 2.65. The first-order chi connectivity index (χ1) is 12.8. The maximum absolute atomic E-state index is 13.0. The number of hydrogen-bond acceptors (Lipinski definition) is 5. The van der Waals surface area contributed by atoms with Gasteiger partial charge in [0.05, 0.1) is 23.2 Å². The molecule has 0 spiro atoms. The smallest absolute Gasteiger partial charge is 0.345 e. The average molecular weight is 502 g/mol. The molecule has 0 heterocycles. The van der Waals surface area contributed by atoms with Crippen LogP contribution in [0.1, 0.15) is 11.1 Å². The number of halogens is 3. The normalized spacial score (nSPS) is 10.1. The van der Waals surface area contributed by atoms with E-state index in [2.05, 4.69) is 41.3 Å². The Kier molecular flexibility index (Phi) is 7.55. The number of carbonyl (C=O) groups excluding carboxylic acids is 2. The number of hydrogen-bond donors (Lipinski definition) is 0. The molecule has 2 aromatic carbocycles. The molecule has 2 aromatic rings. The van der Waals surface area contributed by atoms with Crippen LogP contribution < -0.4 is 4.74 Å². The molecule has 0 aliphatic carbocycles. The van der Waals surface area contributed by atoms with Gasteiger partial charge in [-0.3, -0.25) is 0 Å². The zero-order chi connectivity index (χ0) is 20.0. The van der Waals surface area contributed by atoms with Gasteiger partial charge in [-0.25, -0.2) is 14.0 Å². The fraction of sp³-hybridized carbons (Fsp3) is 0.158. The lowest BCUT2D eigenvalue weighted by molar-refractivity contribution is -0.143. The van der Waals surface area contributed by atoms with Gasteiger partial charge in [-0.15, -0.1) is 0 Å². The Morgan fingerprint density at radius 1 is 1.00 bits per heavy atom. The van der Waals surface area contributed by atoms with Crippen molar-refractivity contribution in [2.45, 2.75) is 6.61 Å². The van der Waals surface area contributed by atoms with Crippen LogP contribution in [0.25, 0.3) is 6.08 Å². The minimum absolute atomic E-state index is 0.237. The zero-order valence-corrected chi connectivity index (χ0v) is 17.6. The van der Waals surface area contributed by atoms with Gasteiger partial charge in [-0.2, -0.15) is 0 Å². The SMILES string of the molecule is COC(=O)C(=Cc1cc(Br)c(OCc2ccc(F)cc2)c(Br)c1)C(=O)OC. The summed E-state index contributed by atoms with van der Waals surface area (Å²) < 4.78 is 29.1. The standard InChI is InChI=1S/C19H15Br2FO5/c1-25-18(23)14(19(24)26-2)7-12-8-15(20)17(16(21)9-12)27-10-11-3-5-13(22)6-4-11/h3-9H,10H2,1-2H3. The number of esters is 2. The fourth-order valence-corrected chi connectivity index (χ4v) is 3.58. The van der Waals surface area contributed by atoms with E-state index in [0.29, 0.717) is 20.3 Å². The van der Waals surface area contributed by atoms with E-state index >= 15 is 0 Å². The summed E-state index contributed by atoms with van der Waals surface area (Å²) in [6.45, 7) is 0.238. The van der Waals surface area contributed by atoms with Gasteiger partial charge in [0, 0.05) is 0 Å². The van der Waals surface area contributed by atoms with E-state index in [9.17, 15) is 14.0 Å². The first-order valence-electron chi connectivity index (χ1n) is 7.60. The van der Waals surface area contributed by atoms with Crippen molar-refractivity contribution >= 4 is 49.9 Å². The van der Waals surface area contributed by atoms with Crippen LogP contribution in [0.5, 0.6) is 5.75 Å². The number of benzene rings is 2. The van der Waals surface area contributed by atoms with Gasteiger partial charge in [-0.1, -0.05) is 12.1 Å². The van der Waals surface area contributed by atoms with Crippen LogP contribution in [0.4, 0.5) is 4.39 Å². The lowest BCUT2D eigenvalue weighted by atomic mass is 10.1. The van der Waals surface area contributed by atoms with Gasteiger partial charge < -0.3 is 14.2 Å². The highest BCUT2D eigenvalue weighted by atomic mass is 79.9. The van der Waals surface area contributed by atoms with E-state index in [0.717, 1.165) is 5.56 Å². The summed E-state index contributed by atoms with van der Waals surface area (Å²) in [6.07, 6.45) is 1.36. The molecule has 0 aliphatic heterocycles. The fourth-order valence-electron chi connectivity index (χ4n) is 2.12. The first-order valence-corrected chi connectivity index (χ1v) is 9.19. The van der Waals surface area contributed by atoms with Gasteiger partial charge >= 0.3 is 11.9 Å². The Labute approximate surface area is 172 Å². The van der Waals surface area contributed by atoms with Crippen molar-refractivity contribution in [2.75, 3.05) is 14.2 Å². The Balaban J connectivity index is 2.27. The summed E-state index contributed by atoms with van der Waals surface area (Å²) in [5.74, 6) is -1.39. The van der Waals surface area contributed by atoms with Crippen LogP contribution in [-0.4, -0.2) is 26.2 Å². The molecule has 0 saturated heterocycles. The molecule has 8 heteroatoms. The third kappa shape index (κ3) is 5.64. The Morgan fingerprint density at radius 2 is 1.52 bits per heavy atom. The lowest BCUT2D eigenvalue weighted by Gasteiger charge is -2.12. The summed E-state index contributed by atoms with van der Waals surface area (Å²) in [4.78, 5) is 23.5. The summed E-state index contributed by atoms with van der Waals surface area (Å²) in [7, 11) is 2.36. The van der Waals surface area contributed by atoms with E-state index < -0.39 is 11.9 Å². The number of rotatable bonds is 6. The minimum atomic E-state index is -0.800. The van der Waals surface area contributed by atoms with Gasteiger partial charge in [0.2, 0.25) is 0 Å². The maximum Gasteiger partial charge on any atom is 0.345 e.